The van der Waals surface area contributed by atoms with E-state index < -0.39 is 5.66 Å². The smallest absolute Gasteiger partial charge is 0.258 e. The largest absolute Gasteiger partial charge is 0.494 e. The Kier molecular flexibility index (Phi) is 6.61. The van der Waals surface area contributed by atoms with E-state index in [1.54, 1.807) is 0 Å². The number of anilines is 1. The van der Waals surface area contributed by atoms with Gasteiger partial charge >= 0.3 is 0 Å². The number of nitrogens with zero attached hydrogens (tertiary/aromatic N) is 1. The fourth-order valence-corrected chi connectivity index (χ4v) is 3.92. The minimum absolute atomic E-state index is 0.0618. The van der Waals surface area contributed by atoms with Crippen LogP contribution in [-0.2, 0) is 5.66 Å². The van der Waals surface area contributed by atoms with Gasteiger partial charge in [-0.1, -0.05) is 56.9 Å². The van der Waals surface area contributed by atoms with Crippen molar-refractivity contribution in [3.8, 4) is 5.75 Å². The van der Waals surface area contributed by atoms with Crippen molar-refractivity contribution < 1.29 is 9.53 Å². The van der Waals surface area contributed by atoms with E-state index in [0.29, 0.717) is 6.54 Å². The van der Waals surface area contributed by atoms with Crippen LogP contribution < -0.4 is 10.1 Å². The van der Waals surface area contributed by atoms with Gasteiger partial charge in [0, 0.05) is 12.2 Å². The van der Waals surface area contributed by atoms with Crippen LogP contribution in [0, 0.1) is 0 Å². The van der Waals surface area contributed by atoms with E-state index in [4.69, 9.17) is 4.74 Å². The molecule has 0 spiro atoms. The van der Waals surface area contributed by atoms with Crippen LogP contribution in [-0.4, -0.2) is 24.0 Å². The molecule has 0 fully saturated rings. The summed E-state index contributed by atoms with van der Waals surface area (Å²) in [6.45, 7) is 7.69. The third-order valence-electron chi connectivity index (χ3n) is 5.57. The zero-order valence-corrected chi connectivity index (χ0v) is 17.3. The summed E-state index contributed by atoms with van der Waals surface area (Å²) in [7, 11) is 0. The topological polar surface area (TPSA) is 41.6 Å². The summed E-state index contributed by atoms with van der Waals surface area (Å²) in [6, 6.07) is 15.8. The molecule has 1 N–H and O–H groups in total. The molecule has 1 heterocycles. The quantitative estimate of drug-likeness (QED) is 0.559. The molecular weight excluding hydrogens is 348 g/mol. The molecule has 150 valence electrons. The predicted molar refractivity (Wildman–Crippen MR) is 115 cm³/mol. The Morgan fingerprint density at radius 3 is 2.39 bits per heavy atom. The molecule has 0 saturated heterocycles. The minimum Gasteiger partial charge on any atom is -0.494 e. The van der Waals surface area contributed by atoms with Crippen LogP contribution in [0.2, 0.25) is 0 Å². The molecule has 4 heteroatoms. The third kappa shape index (κ3) is 4.16. The Morgan fingerprint density at radius 1 is 0.964 bits per heavy atom. The number of ether oxygens (including phenoxy) is 1. The number of carbonyl (C=O) groups is 1. The summed E-state index contributed by atoms with van der Waals surface area (Å²) in [5.74, 6) is 0.945. The monoisotopic (exact) mass is 380 g/mol. The van der Waals surface area contributed by atoms with E-state index >= 15 is 0 Å². The van der Waals surface area contributed by atoms with Crippen LogP contribution in [0.25, 0.3) is 0 Å². The van der Waals surface area contributed by atoms with Gasteiger partial charge in [0.15, 0.2) is 0 Å². The fraction of sp³-hybridized carbons (Fsp3) is 0.458. The van der Waals surface area contributed by atoms with E-state index in [2.05, 4.69) is 31.3 Å². The number of rotatable bonds is 9. The van der Waals surface area contributed by atoms with Crippen LogP contribution in [0.15, 0.2) is 48.5 Å². The fourth-order valence-electron chi connectivity index (χ4n) is 3.92. The highest BCUT2D eigenvalue weighted by atomic mass is 16.5. The zero-order chi connectivity index (χ0) is 20.0. The van der Waals surface area contributed by atoms with Crippen molar-refractivity contribution in [2.24, 2.45) is 0 Å². The first-order valence-electron chi connectivity index (χ1n) is 10.5. The molecule has 28 heavy (non-hydrogen) atoms. The van der Waals surface area contributed by atoms with Gasteiger partial charge in [0.25, 0.3) is 5.91 Å². The lowest BCUT2D eigenvalue weighted by Crippen LogP contribution is -2.55. The van der Waals surface area contributed by atoms with E-state index in [1.165, 1.54) is 25.7 Å². The molecule has 2 aromatic rings. The van der Waals surface area contributed by atoms with E-state index in [9.17, 15) is 4.79 Å². The summed E-state index contributed by atoms with van der Waals surface area (Å²) in [6.07, 6.45) is 6.16. The molecule has 0 saturated carbocycles. The van der Waals surface area contributed by atoms with Crippen LogP contribution in [0.4, 0.5) is 5.69 Å². The van der Waals surface area contributed by atoms with Crippen molar-refractivity contribution in [1.29, 1.82) is 0 Å². The van der Waals surface area contributed by atoms with Crippen LogP contribution in [0.5, 0.6) is 5.75 Å². The van der Waals surface area contributed by atoms with Gasteiger partial charge in [-0.3, -0.25) is 4.79 Å². The summed E-state index contributed by atoms with van der Waals surface area (Å²) < 4.78 is 5.89. The Morgan fingerprint density at radius 2 is 1.68 bits per heavy atom. The Hall–Kier alpha value is -2.49. The number of hydrogen-bond acceptors (Lipinski definition) is 3. The van der Waals surface area contributed by atoms with Crippen molar-refractivity contribution in [1.82, 2.24) is 4.90 Å². The molecule has 1 amide bonds. The summed E-state index contributed by atoms with van der Waals surface area (Å²) in [5.41, 5.74) is 2.07. The van der Waals surface area contributed by atoms with Gasteiger partial charge in [0.1, 0.15) is 11.4 Å². The number of unbranched alkanes of at least 4 members (excludes halogenated alkanes) is 4. The molecule has 3 rings (SSSR count). The average molecular weight is 381 g/mol. The first kappa shape index (κ1) is 20.2. The lowest BCUT2D eigenvalue weighted by atomic mass is 9.93. The number of hydrogen-bond donors (Lipinski definition) is 1. The van der Waals surface area contributed by atoms with Crippen LogP contribution in [0.3, 0.4) is 0 Å². The van der Waals surface area contributed by atoms with Gasteiger partial charge in [-0.2, -0.15) is 0 Å². The second-order valence-electron chi connectivity index (χ2n) is 7.58. The van der Waals surface area contributed by atoms with Crippen molar-refractivity contribution in [3.05, 3.63) is 59.7 Å². The maximum Gasteiger partial charge on any atom is 0.258 e. The average Bonchev–Trinajstić information content (AvgIpc) is 2.71. The van der Waals surface area contributed by atoms with Gasteiger partial charge in [-0.05, 0) is 50.1 Å². The van der Waals surface area contributed by atoms with Gasteiger partial charge in [-0.25, -0.2) is 0 Å². The highest BCUT2D eigenvalue weighted by Gasteiger charge is 2.41. The summed E-state index contributed by atoms with van der Waals surface area (Å²) >= 11 is 0. The van der Waals surface area contributed by atoms with Crippen LogP contribution in [0.1, 0.15) is 68.8 Å². The lowest BCUT2D eigenvalue weighted by molar-refractivity contribution is 0.0553. The first-order chi connectivity index (χ1) is 13.6. The zero-order valence-electron chi connectivity index (χ0n) is 17.3. The number of para-hydroxylation sites is 1. The molecule has 1 unspecified atom stereocenters. The predicted octanol–water partition coefficient (Wildman–Crippen LogP) is 5.80. The maximum absolute atomic E-state index is 13.0. The summed E-state index contributed by atoms with van der Waals surface area (Å²) in [4.78, 5) is 14.9. The van der Waals surface area contributed by atoms with Crippen molar-refractivity contribution in [2.45, 2.75) is 58.5 Å². The lowest BCUT2D eigenvalue weighted by Gasteiger charge is -2.46. The molecule has 1 aliphatic rings. The number of benzene rings is 2. The Labute approximate surface area is 168 Å². The molecule has 0 aliphatic carbocycles. The number of fused-ring (bicyclic) bond motifs is 1. The van der Waals surface area contributed by atoms with Crippen molar-refractivity contribution in [3.63, 3.8) is 0 Å². The van der Waals surface area contributed by atoms with E-state index in [-0.39, 0.29) is 5.91 Å². The van der Waals surface area contributed by atoms with Gasteiger partial charge in [-0.15, -0.1) is 0 Å². The van der Waals surface area contributed by atoms with Crippen molar-refractivity contribution in [2.75, 3.05) is 18.5 Å². The Bertz CT molecular complexity index is 787. The molecule has 0 aromatic heterocycles. The number of carbonyl (C=O) groups excluding carboxylic acids is 1. The molecule has 4 nitrogen and oxygen atoms in total. The normalized spacial score (nSPS) is 18.5. The Balaban J connectivity index is 1.71. The molecule has 2 aromatic carbocycles. The SMILES string of the molecule is CCCCCCCOc1ccc(C2(C)Nc3ccccc3C(=O)N2CC)cc1. The number of nitrogens with one attached hydrogen (secondary N) is 1. The second-order valence-corrected chi connectivity index (χ2v) is 7.58. The van der Waals surface area contributed by atoms with Crippen LogP contribution >= 0.6 is 0 Å². The first-order valence-corrected chi connectivity index (χ1v) is 10.5. The van der Waals surface area contributed by atoms with Gasteiger partial charge in [0.2, 0.25) is 0 Å². The van der Waals surface area contributed by atoms with Crippen molar-refractivity contribution >= 4 is 11.6 Å². The molecule has 0 bridgehead atoms. The molecule has 0 radical (unpaired) electrons. The third-order valence-corrected chi connectivity index (χ3v) is 5.57. The minimum atomic E-state index is -0.584. The highest BCUT2D eigenvalue weighted by Crippen LogP contribution is 2.37. The second kappa shape index (κ2) is 9.13. The molecular formula is C24H32N2O2. The maximum atomic E-state index is 13.0. The molecule has 1 aliphatic heterocycles. The molecule has 1 atom stereocenters. The van der Waals surface area contributed by atoms with E-state index in [1.807, 2.05) is 48.2 Å². The van der Waals surface area contributed by atoms with E-state index in [0.717, 1.165) is 35.6 Å². The highest BCUT2D eigenvalue weighted by molar-refractivity contribution is 6.02. The summed E-state index contributed by atoms with van der Waals surface area (Å²) in [5, 5.41) is 3.58. The number of amides is 1. The standard InChI is InChI=1S/C24H32N2O2/c1-4-6-7-8-11-18-28-20-16-14-19(15-17-20)24(3)25-22-13-10-9-12-21(22)23(27)26(24)5-2/h9-10,12-17,25H,4-8,11,18H2,1-3H3. The van der Waals surface area contributed by atoms with Gasteiger partial charge < -0.3 is 15.0 Å². The van der Waals surface area contributed by atoms with Gasteiger partial charge in [0.05, 0.1) is 12.2 Å².